The Morgan fingerprint density at radius 3 is 1.15 bits per heavy atom. The van der Waals surface area contributed by atoms with Crippen molar-refractivity contribution in [3.05, 3.63) is 10.4 Å². The number of nitrogens with zero attached hydrogens (tertiary/aromatic N) is 3. The number of rotatable bonds is 1. The summed E-state index contributed by atoms with van der Waals surface area (Å²) in [4.78, 5) is 3.03. The lowest BCUT2D eigenvalue weighted by atomic mass is 10.0. The van der Waals surface area contributed by atoms with Crippen LogP contribution in [-0.4, -0.2) is 6.04 Å². The second-order valence-electron chi connectivity index (χ2n) is 6.39. The topological polar surface area (TPSA) is 48.8 Å². The molecule has 0 unspecified atom stereocenters. The highest BCUT2D eigenvalue weighted by Gasteiger charge is 2.06. The van der Waals surface area contributed by atoms with Gasteiger partial charge in [0.2, 0.25) is 0 Å². The molecule has 0 aromatic heterocycles. The zero-order chi connectivity index (χ0) is 14.3. The molecule has 0 aromatic carbocycles. The fraction of sp³-hybridized carbons (Fsp3) is 1.00. The van der Waals surface area contributed by atoms with Crippen LogP contribution in [0.1, 0.15) is 103 Å². The predicted octanol–water partition coefficient (Wildman–Crippen LogP) is 6.92. The molecular weight excluding hydrogens is 246 g/mol. The van der Waals surface area contributed by atoms with E-state index in [4.69, 9.17) is 5.53 Å². The highest BCUT2D eigenvalue weighted by molar-refractivity contribution is 4.67. The molecule has 0 spiro atoms. The van der Waals surface area contributed by atoms with Gasteiger partial charge in [-0.2, -0.15) is 0 Å². The summed E-state index contributed by atoms with van der Waals surface area (Å²) < 4.78 is 0. The van der Waals surface area contributed by atoms with Gasteiger partial charge in [-0.1, -0.05) is 95.0 Å². The molecule has 3 heteroatoms. The highest BCUT2D eigenvalue weighted by atomic mass is 15.1. The van der Waals surface area contributed by atoms with E-state index in [-0.39, 0.29) is 6.04 Å². The maximum atomic E-state index is 8.65. The number of azide groups is 1. The van der Waals surface area contributed by atoms with E-state index in [9.17, 15) is 0 Å². The van der Waals surface area contributed by atoms with Gasteiger partial charge in [0.15, 0.2) is 0 Å². The lowest BCUT2D eigenvalue weighted by Gasteiger charge is -2.10. The van der Waals surface area contributed by atoms with Gasteiger partial charge in [0.1, 0.15) is 0 Å². The fourth-order valence-electron chi connectivity index (χ4n) is 3.21. The Kier molecular flexibility index (Phi) is 11.5. The van der Waals surface area contributed by atoms with E-state index < -0.39 is 0 Å². The van der Waals surface area contributed by atoms with Crippen LogP contribution in [0.2, 0.25) is 0 Å². The molecule has 0 aromatic rings. The molecule has 1 aliphatic carbocycles. The third-order valence-electron chi connectivity index (χ3n) is 4.54. The lowest BCUT2D eigenvalue weighted by molar-refractivity contribution is 0.484. The van der Waals surface area contributed by atoms with Crippen molar-refractivity contribution >= 4 is 0 Å². The summed E-state index contributed by atoms with van der Waals surface area (Å²) in [7, 11) is 0. The van der Waals surface area contributed by atoms with Gasteiger partial charge >= 0.3 is 0 Å². The van der Waals surface area contributed by atoms with Crippen molar-refractivity contribution in [3.8, 4) is 0 Å². The fourth-order valence-corrected chi connectivity index (χ4v) is 3.21. The van der Waals surface area contributed by atoms with E-state index in [0.29, 0.717) is 0 Å². The van der Waals surface area contributed by atoms with Crippen molar-refractivity contribution in [2.75, 3.05) is 0 Å². The zero-order valence-electron chi connectivity index (χ0n) is 13.2. The maximum Gasteiger partial charge on any atom is 0.0374 e. The van der Waals surface area contributed by atoms with E-state index in [0.717, 1.165) is 12.8 Å². The summed E-state index contributed by atoms with van der Waals surface area (Å²) >= 11 is 0. The van der Waals surface area contributed by atoms with Crippen molar-refractivity contribution in [2.45, 2.75) is 109 Å². The minimum absolute atomic E-state index is 0.260. The van der Waals surface area contributed by atoms with Gasteiger partial charge in [0.05, 0.1) is 0 Å². The molecule has 0 aliphatic heterocycles. The first-order chi connectivity index (χ1) is 9.93. The summed E-state index contributed by atoms with van der Waals surface area (Å²) in [5.74, 6) is 0. The molecule has 0 bridgehead atoms. The Balaban J connectivity index is 2.24. The predicted molar refractivity (Wildman–Crippen MR) is 86.8 cm³/mol. The molecule has 0 atom stereocenters. The Bertz CT molecular complexity index is 241. The van der Waals surface area contributed by atoms with Crippen LogP contribution in [0.3, 0.4) is 0 Å². The quantitative estimate of drug-likeness (QED) is 0.284. The summed E-state index contributed by atoms with van der Waals surface area (Å²) in [6, 6.07) is 0.260. The first-order valence-electron chi connectivity index (χ1n) is 8.97. The number of hydrogen-bond acceptors (Lipinski definition) is 1. The minimum atomic E-state index is 0.260. The molecule has 0 radical (unpaired) electrons. The van der Waals surface area contributed by atoms with Gasteiger partial charge in [0.25, 0.3) is 0 Å². The van der Waals surface area contributed by atoms with Crippen LogP contribution in [0.15, 0.2) is 5.11 Å². The third-order valence-corrected chi connectivity index (χ3v) is 4.54. The smallest absolute Gasteiger partial charge is 0.0374 e. The number of hydrogen-bond donors (Lipinski definition) is 0. The van der Waals surface area contributed by atoms with Crippen LogP contribution in [0.4, 0.5) is 0 Å². The molecule has 3 nitrogen and oxygen atoms in total. The second-order valence-corrected chi connectivity index (χ2v) is 6.39. The van der Waals surface area contributed by atoms with Crippen LogP contribution in [-0.2, 0) is 0 Å². The Morgan fingerprint density at radius 2 is 0.850 bits per heavy atom. The summed E-state index contributed by atoms with van der Waals surface area (Å²) in [6.45, 7) is 0. The lowest BCUT2D eigenvalue weighted by Crippen LogP contribution is -2.03. The molecule has 0 heterocycles. The SMILES string of the molecule is [N-]=[N+]=NC1CCCCCCCCCCCCCCCC1. The normalized spacial score (nSPS) is 22.6. The Hall–Kier alpha value is -0.690. The third kappa shape index (κ3) is 10.1. The van der Waals surface area contributed by atoms with Crippen molar-refractivity contribution in [3.63, 3.8) is 0 Å². The van der Waals surface area contributed by atoms with Crippen LogP contribution in [0.5, 0.6) is 0 Å². The highest BCUT2D eigenvalue weighted by Crippen LogP contribution is 2.18. The van der Waals surface area contributed by atoms with Gasteiger partial charge in [-0.25, -0.2) is 0 Å². The minimum Gasteiger partial charge on any atom is -0.0906 e. The van der Waals surface area contributed by atoms with Crippen molar-refractivity contribution < 1.29 is 0 Å². The van der Waals surface area contributed by atoms with E-state index in [2.05, 4.69) is 10.0 Å². The molecule has 1 aliphatic rings. The van der Waals surface area contributed by atoms with E-state index in [1.807, 2.05) is 0 Å². The standard InChI is InChI=1S/C17H33N3/c18-20-19-17-15-13-11-9-7-5-3-1-2-4-6-8-10-12-14-16-17/h17H,1-16H2. The maximum absolute atomic E-state index is 8.65. The van der Waals surface area contributed by atoms with Gasteiger partial charge in [-0.15, -0.1) is 0 Å². The van der Waals surface area contributed by atoms with Crippen molar-refractivity contribution in [1.29, 1.82) is 0 Å². The molecule has 1 rings (SSSR count). The van der Waals surface area contributed by atoms with E-state index in [1.54, 1.807) is 0 Å². The van der Waals surface area contributed by atoms with Gasteiger partial charge in [-0.05, 0) is 18.4 Å². The average molecular weight is 279 g/mol. The van der Waals surface area contributed by atoms with Gasteiger partial charge in [0, 0.05) is 11.0 Å². The molecule has 1 saturated carbocycles. The van der Waals surface area contributed by atoms with E-state index in [1.165, 1.54) is 89.9 Å². The Labute approximate surface area is 125 Å². The molecule has 20 heavy (non-hydrogen) atoms. The van der Waals surface area contributed by atoms with Crippen LogP contribution >= 0.6 is 0 Å². The first-order valence-corrected chi connectivity index (χ1v) is 8.97. The summed E-state index contributed by atoms with van der Waals surface area (Å²) in [6.07, 6.45) is 21.4. The molecule has 0 saturated heterocycles. The molecule has 0 N–H and O–H groups in total. The second kappa shape index (κ2) is 13.3. The summed E-state index contributed by atoms with van der Waals surface area (Å²) in [5, 5.41) is 3.98. The van der Waals surface area contributed by atoms with E-state index >= 15 is 0 Å². The summed E-state index contributed by atoms with van der Waals surface area (Å²) in [5.41, 5.74) is 8.65. The monoisotopic (exact) mass is 279 g/mol. The molecule has 116 valence electrons. The van der Waals surface area contributed by atoms with Gasteiger partial charge < -0.3 is 0 Å². The first kappa shape index (κ1) is 17.4. The van der Waals surface area contributed by atoms with Gasteiger partial charge in [-0.3, -0.25) is 0 Å². The molecule has 0 amide bonds. The zero-order valence-corrected chi connectivity index (χ0v) is 13.2. The average Bonchev–Trinajstić information content (AvgIpc) is 2.46. The van der Waals surface area contributed by atoms with Crippen LogP contribution in [0, 0.1) is 0 Å². The van der Waals surface area contributed by atoms with Crippen LogP contribution < -0.4 is 0 Å². The molecular formula is C17H33N3. The Morgan fingerprint density at radius 1 is 0.550 bits per heavy atom. The van der Waals surface area contributed by atoms with Crippen molar-refractivity contribution in [1.82, 2.24) is 0 Å². The molecule has 1 fully saturated rings. The largest absolute Gasteiger partial charge is 0.0906 e. The van der Waals surface area contributed by atoms with Crippen molar-refractivity contribution in [2.24, 2.45) is 5.11 Å². The van der Waals surface area contributed by atoms with Crippen LogP contribution in [0.25, 0.3) is 10.4 Å².